The third-order valence-electron chi connectivity index (χ3n) is 3.52. The van der Waals surface area contributed by atoms with Gasteiger partial charge >= 0.3 is 0 Å². The first-order chi connectivity index (χ1) is 8.72. The van der Waals surface area contributed by atoms with Crippen molar-refractivity contribution in [1.29, 1.82) is 0 Å². The van der Waals surface area contributed by atoms with Gasteiger partial charge in [0.15, 0.2) is 0 Å². The van der Waals surface area contributed by atoms with Crippen LogP contribution in [0.5, 0.6) is 0 Å². The number of carbonyl (C=O) groups excluding carboxylic acids is 1. The van der Waals surface area contributed by atoms with E-state index in [-0.39, 0.29) is 5.78 Å². The number of ketones is 1. The standard InChI is InChI=1S/C15H22N2O/c1-3-17-14(11-12(2)16-17)15(18)13-9-7-5-4-6-8-10-13/h9,11H,3-8,10H2,1-2H3/b13-9+. The number of nitrogens with zero attached hydrogens (tertiary/aromatic N) is 2. The van der Waals surface area contributed by atoms with E-state index >= 15 is 0 Å². The van der Waals surface area contributed by atoms with Gasteiger partial charge in [-0.3, -0.25) is 9.48 Å². The van der Waals surface area contributed by atoms with Gasteiger partial charge in [-0.25, -0.2) is 0 Å². The molecule has 1 aliphatic rings. The first kappa shape index (κ1) is 13.1. The second-order valence-corrected chi connectivity index (χ2v) is 5.00. The maximum absolute atomic E-state index is 12.5. The lowest BCUT2D eigenvalue weighted by Gasteiger charge is -2.11. The van der Waals surface area contributed by atoms with Crippen LogP contribution in [0.1, 0.15) is 61.6 Å². The molecule has 0 aromatic carbocycles. The predicted molar refractivity (Wildman–Crippen MR) is 72.8 cm³/mol. The first-order valence-corrected chi connectivity index (χ1v) is 7.00. The predicted octanol–water partition coefficient (Wildman–Crippen LogP) is 3.67. The van der Waals surface area contributed by atoms with E-state index in [0.29, 0.717) is 0 Å². The Balaban J connectivity index is 2.23. The monoisotopic (exact) mass is 246 g/mol. The van der Waals surface area contributed by atoms with Crippen LogP contribution in [0.4, 0.5) is 0 Å². The van der Waals surface area contributed by atoms with Crippen molar-refractivity contribution in [2.75, 3.05) is 0 Å². The van der Waals surface area contributed by atoms with Crippen molar-refractivity contribution >= 4 is 5.78 Å². The average molecular weight is 246 g/mol. The highest BCUT2D eigenvalue weighted by atomic mass is 16.1. The summed E-state index contributed by atoms with van der Waals surface area (Å²) in [6, 6.07) is 1.91. The summed E-state index contributed by atoms with van der Waals surface area (Å²) in [5.74, 6) is 0.180. The second kappa shape index (κ2) is 5.98. The van der Waals surface area contributed by atoms with Gasteiger partial charge in [-0.05, 0) is 51.2 Å². The molecule has 1 aromatic heterocycles. The second-order valence-electron chi connectivity index (χ2n) is 5.00. The Hall–Kier alpha value is -1.38. The average Bonchev–Trinajstić information content (AvgIpc) is 2.69. The first-order valence-electron chi connectivity index (χ1n) is 7.00. The molecular weight excluding hydrogens is 224 g/mol. The van der Waals surface area contributed by atoms with Gasteiger partial charge in [0.25, 0.3) is 0 Å². The summed E-state index contributed by atoms with van der Waals surface area (Å²) in [7, 11) is 0. The zero-order valence-corrected chi connectivity index (χ0v) is 11.4. The van der Waals surface area contributed by atoms with Crippen molar-refractivity contribution in [3.05, 3.63) is 29.1 Å². The fourth-order valence-corrected chi connectivity index (χ4v) is 2.53. The Bertz CT molecular complexity index is 457. The number of rotatable bonds is 3. The van der Waals surface area contributed by atoms with Gasteiger partial charge in [0.05, 0.1) is 5.69 Å². The summed E-state index contributed by atoms with van der Waals surface area (Å²) in [4.78, 5) is 12.5. The van der Waals surface area contributed by atoms with Gasteiger partial charge < -0.3 is 0 Å². The van der Waals surface area contributed by atoms with Gasteiger partial charge in [-0.2, -0.15) is 5.10 Å². The molecule has 0 N–H and O–H groups in total. The molecule has 0 saturated heterocycles. The third kappa shape index (κ3) is 2.89. The molecule has 1 aliphatic carbocycles. The Morgan fingerprint density at radius 2 is 2.11 bits per heavy atom. The Labute approximate surface area is 109 Å². The van der Waals surface area contributed by atoms with E-state index in [1.165, 1.54) is 19.3 Å². The molecule has 0 unspecified atom stereocenters. The molecule has 18 heavy (non-hydrogen) atoms. The van der Waals surface area contributed by atoms with Crippen LogP contribution in [0.25, 0.3) is 0 Å². The summed E-state index contributed by atoms with van der Waals surface area (Å²) in [5.41, 5.74) is 2.66. The number of allylic oxidation sites excluding steroid dienone is 2. The zero-order chi connectivity index (χ0) is 13.0. The van der Waals surface area contributed by atoms with Gasteiger partial charge in [0, 0.05) is 6.54 Å². The van der Waals surface area contributed by atoms with Crippen LogP contribution in [-0.2, 0) is 6.54 Å². The van der Waals surface area contributed by atoms with Gasteiger partial charge in [0.2, 0.25) is 5.78 Å². The van der Waals surface area contributed by atoms with E-state index in [4.69, 9.17) is 0 Å². The summed E-state index contributed by atoms with van der Waals surface area (Å²) >= 11 is 0. The van der Waals surface area contributed by atoms with Crippen LogP contribution in [0.3, 0.4) is 0 Å². The summed E-state index contributed by atoms with van der Waals surface area (Å²) in [6.07, 6.45) is 9.00. The number of hydrogen-bond acceptors (Lipinski definition) is 2. The fourth-order valence-electron chi connectivity index (χ4n) is 2.53. The molecule has 3 nitrogen and oxygen atoms in total. The lowest BCUT2D eigenvalue weighted by Crippen LogP contribution is -2.12. The van der Waals surface area contributed by atoms with Gasteiger partial charge in [-0.1, -0.05) is 18.9 Å². The van der Waals surface area contributed by atoms with E-state index in [2.05, 4.69) is 11.2 Å². The lowest BCUT2D eigenvalue weighted by atomic mass is 9.96. The summed E-state index contributed by atoms with van der Waals surface area (Å²) in [6.45, 7) is 4.72. The maximum Gasteiger partial charge on any atom is 0.206 e. The van der Waals surface area contributed by atoms with Gasteiger partial charge in [0.1, 0.15) is 5.69 Å². The Morgan fingerprint density at radius 1 is 1.33 bits per heavy atom. The van der Waals surface area contributed by atoms with Crippen molar-refractivity contribution in [3.63, 3.8) is 0 Å². The molecule has 2 rings (SSSR count). The van der Waals surface area contributed by atoms with Crippen molar-refractivity contribution < 1.29 is 4.79 Å². The fraction of sp³-hybridized carbons (Fsp3) is 0.600. The molecule has 0 saturated carbocycles. The molecule has 0 fully saturated rings. The van der Waals surface area contributed by atoms with Crippen LogP contribution >= 0.6 is 0 Å². The Morgan fingerprint density at radius 3 is 2.89 bits per heavy atom. The van der Waals surface area contributed by atoms with Crippen molar-refractivity contribution in [2.24, 2.45) is 0 Å². The molecule has 1 heterocycles. The lowest BCUT2D eigenvalue weighted by molar-refractivity contribution is 0.101. The van der Waals surface area contributed by atoms with Crippen LogP contribution < -0.4 is 0 Å². The van der Waals surface area contributed by atoms with E-state index in [0.717, 1.165) is 42.8 Å². The highest BCUT2D eigenvalue weighted by Crippen LogP contribution is 2.21. The highest BCUT2D eigenvalue weighted by molar-refractivity contribution is 6.07. The number of carbonyl (C=O) groups is 1. The quantitative estimate of drug-likeness (QED) is 0.763. The summed E-state index contributed by atoms with van der Waals surface area (Å²) in [5, 5.41) is 4.36. The van der Waals surface area contributed by atoms with Crippen molar-refractivity contribution in [2.45, 2.75) is 58.9 Å². The third-order valence-corrected chi connectivity index (χ3v) is 3.52. The molecular formula is C15H22N2O. The minimum atomic E-state index is 0.180. The molecule has 0 bridgehead atoms. The smallest absolute Gasteiger partial charge is 0.206 e. The minimum absolute atomic E-state index is 0.180. The van der Waals surface area contributed by atoms with Crippen LogP contribution in [0.2, 0.25) is 0 Å². The van der Waals surface area contributed by atoms with E-state index in [1.54, 1.807) is 0 Å². The van der Waals surface area contributed by atoms with Crippen molar-refractivity contribution in [1.82, 2.24) is 9.78 Å². The topological polar surface area (TPSA) is 34.9 Å². The zero-order valence-electron chi connectivity index (χ0n) is 11.4. The molecule has 0 amide bonds. The van der Waals surface area contributed by atoms with E-state index in [9.17, 15) is 4.79 Å². The van der Waals surface area contributed by atoms with Crippen LogP contribution in [0, 0.1) is 6.92 Å². The Kier molecular flexibility index (Phi) is 4.34. The molecule has 0 atom stereocenters. The van der Waals surface area contributed by atoms with E-state index in [1.807, 2.05) is 24.6 Å². The molecule has 0 radical (unpaired) electrons. The van der Waals surface area contributed by atoms with Crippen LogP contribution in [0.15, 0.2) is 17.7 Å². The normalized spacial score (nSPS) is 19.8. The number of hydrogen-bond donors (Lipinski definition) is 0. The van der Waals surface area contributed by atoms with E-state index < -0.39 is 0 Å². The van der Waals surface area contributed by atoms with Gasteiger partial charge in [-0.15, -0.1) is 0 Å². The summed E-state index contributed by atoms with van der Waals surface area (Å²) < 4.78 is 1.82. The number of aromatic nitrogens is 2. The SMILES string of the molecule is CCn1nc(C)cc1C(=O)/C1=C/CCCCCC1. The minimum Gasteiger partial charge on any atom is -0.287 e. The number of aryl methyl sites for hydroxylation is 2. The van der Waals surface area contributed by atoms with Crippen molar-refractivity contribution in [3.8, 4) is 0 Å². The molecule has 0 aliphatic heterocycles. The molecule has 98 valence electrons. The maximum atomic E-state index is 12.5. The molecule has 0 spiro atoms. The molecule has 3 heteroatoms. The number of Topliss-reactive ketones (excluding diaryl/α,β-unsaturated/α-hetero) is 1. The largest absolute Gasteiger partial charge is 0.287 e. The molecule has 1 aromatic rings. The van der Waals surface area contributed by atoms with Crippen LogP contribution in [-0.4, -0.2) is 15.6 Å². The highest BCUT2D eigenvalue weighted by Gasteiger charge is 2.17.